The van der Waals surface area contributed by atoms with E-state index in [1.807, 2.05) is 21.1 Å². The Morgan fingerprint density at radius 2 is 0.620 bits per heavy atom. The summed E-state index contributed by atoms with van der Waals surface area (Å²) in [5.74, 6) is -0.841. The van der Waals surface area contributed by atoms with Crippen LogP contribution in [-0.4, -0.2) is 70.0 Å². The number of ether oxygens (including phenoxy) is 2. The Morgan fingerprint density at radius 3 is 0.924 bits per heavy atom. The standard InChI is InChI=1S/C82H142NO8P/c1-6-8-10-12-14-16-18-20-22-24-26-28-30-32-34-35-36-37-38-39-40-41-42-43-44-45-46-47-49-51-53-55-57-59-61-63-65-67-69-71-73-75-82(85)91-80(79-90-92(86,87)89-77-76-83(3,4)5)78-88-81(84)74-72-70-68-66-64-62-60-58-56-54-52-50-48-33-31-29-27-25-23-21-19-17-15-13-11-9-7-2/h8,10,14,16,20,22,26,28,32,34,36-37,39-40,42-43,45-46,49,51,55,57,80H,6-7,9,11-13,15,17-19,21,23-25,27,29-31,33,35,38,41,44,47-48,50,52-54,56,58-79H2,1-5H3/b10-8-,16-14-,22-20-,28-26-,34-32-,37-36-,40-39-,43-42-,46-45-,51-49-,57-55-. The molecule has 0 aliphatic heterocycles. The lowest BCUT2D eigenvalue weighted by Gasteiger charge is -2.28. The molecule has 92 heavy (non-hydrogen) atoms. The third-order valence-corrected chi connectivity index (χ3v) is 17.1. The fraction of sp³-hybridized carbons (Fsp3) is 0.707. The number of carbonyl (C=O) groups excluding carboxylic acids is 2. The first kappa shape index (κ1) is 88.2. The van der Waals surface area contributed by atoms with Crippen LogP contribution in [0.1, 0.15) is 322 Å². The van der Waals surface area contributed by atoms with E-state index in [9.17, 15) is 19.0 Å². The van der Waals surface area contributed by atoms with Crippen molar-refractivity contribution >= 4 is 19.8 Å². The van der Waals surface area contributed by atoms with Gasteiger partial charge in [-0.2, -0.15) is 0 Å². The minimum Gasteiger partial charge on any atom is -0.756 e. The molecule has 0 rings (SSSR count). The van der Waals surface area contributed by atoms with Crippen molar-refractivity contribution in [1.29, 1.82) is 0 Å². The fourth-order valence-corrected chi connectivity index (χ4v) is 11.2. The number of rotatable bonds is 69. The molecule has 0 aromatic rings. The highest BCUT2D eigenvalue weighted by Crippen LogP contribution is 2.38. The molecule has 0 saturated heterocycles. The zero-order chi connectivity index (χ0) is 66.9. The summed E-state index contributed by atoms with van der Waals surface area (Å²) in [4.78, 5) is 38.1. The second kappa shape index (κ2) is 71.4. The summed E-state index contributed by atoms with van der Waals surface area (Å²) in [5, 5.41) is 0. The van der Waals surface area contributed by atoms with Crippen LogP contribution in [0, 0.1) is 0 Å². The van der Waals surface area contributed by atoms with Crippen molar-refractivity contribution in [1.82, 2.24) is 0 Å². The summed E-state index contributed by atoms with van der Waals surface area (Å²) < 4.78 is 34.3. The largest absolute Gasteiger partial charge is 0.756 e. The first-order chi connectivity index (χ1) is 45.0. The highest BCUT2D eigenvalue weighted by molar-refractivity contribution is 7.45. The number of allylic oxidation sites excluding steroid dienone is 22. The fourth-order valence-electron chi connectivity index (χ4n) is 10.4. The van der Waals surface area contributed by atoms with E-state index in [1.165, 1.54) is 167 Å². The third kappa shape index (κ3) is 75.2. The molecule has 0 radical (unpaired) electrons. The maximum Gasteiger partial charge on any atom is 0.306 e. The average molecular weight is 1300 g/mol. The van der Waals surface area contributed by atoms with E-state index < -0.39 is 26.5 Å². The molecule has 528 valence electrons. The van der Waals surface area contributed by atoms with Crippen LogP contribution in [0.3, 0.4) is 0 Å². The molecule has 9 nitrogen and oxygen atoms in total. The summed E-state index contributed by atoms with van der Waals surface area (Å²) in [5.41, 5.74) is 0. The average Bonchev–Trinajstić information content (AvgIpc) is 2.23. The number of likely N-dealkylation sites (N-methyl/N-ethyl adjacent to an activating group) is 1. The molecule has 0 aliphatic carbocycles. The first-order valence-electron chi connectivity index (χ1n) is 37.9. The smallest absolute Gasteiger partial charge is 0.306 e. The minimum atomic E-state index is -4.65. The Kier molecular flexibility index (Phi) is 68.5. The quantitative estimate of drug-likeness (QED) is 0.0195. The molecule has 10 heteroatoms. The Balaban J connectivity index is 4.08. The van der Waals surface area contributed by atoms with Crippen LogP contribution in [0.4, 0.5) is 0 Å². The molecule has 2 unspecified atom stereocenters. The Bertz CT molecular complexity index is 2020. The molecule has 0 spiro atoms. The molecule has 0 amide bonds. The normalized spacial score (nSPS) is 13.8. The number of quaternary nitrogens is 1. The lowest BCUT2D eigenvalue weighted by Crippen LogP contribution is -2.37. The second-order valence-electron chi connectivity index (χ2n) is 26.3. The van der Waals surface area contributed by atoms with E-state index in [0.29, 0.717) is 17.4 Å². The van der Waals surface area contributed by atoms with Gasteiger partial charge in [0.15, 0.2) is 6.10 Å². The van der Waals surface area contributed by atoms with Crippen molar-refractivity contribution < 1.29 is 42.1 Å². The summed E-state index contributed by atoms with van der Waals surface area (Å²) in [7, 11) is 1.15. The molecule has 0 aliphatic rings. The Hall–Kier alpha value is -3.85. The van der Waals surface area contributed by atoms with Crippen molar-refractivity contribution in [3.8, 4) is 0 Å². The summed E-state index contributed by atoms with van der Waals surface area (Å²) >= 11 is 0. The highest BCUT2D eigenvalue weighted by Gasteiger charge is 2.22. The van der Waals surface area contributed by atoms with Gasteiger partial charge in [-0.1, -0.05) is 347 Å². The summed E-state index contributed by atoms with van der Waals surface area (Å²) in [6.45, 7) is 4.14. The molecule has 0 N–H and O–H groups in total. The van der Waals surface area contributed by atoms with Gasteiger partial charge < -0.3 is 27.9 Å². The zero-order valence-corrected chi connectivity index (χ0v) is 61.1. The van der Waals surface area contributed by atoms with Crippen molar-refractivity contribution in [2.45, 2.75) is 328 Å². The highest BCUT2D eigenvalue weighted by atomic mass is 31.2. The number of unbranched alkanes of at least 4 members (excludes halogenated alkanes) is 33. The number of esters is 2. The van der Waals surface area contributed by atoms with Crippen molar-refractivity contribution in [2.24, 2.45) is 0 Å². The van der Waals surface area contributed by atoms with E-state index in [-0.39, 0.29) is 32.0 Å². The van der Waals surface area contributed by atoms with Crippen molar-refractivity contribution in [3.05, 3.63) is 134 Å². The number of hydrogen-bond acceptors (Lipinski definition) is 8. The molecule has 2 atom stereocenters. The van der Waals surface area contributed by atoms with Crippen LogP contribution in [0.2, 0.25) is 0 Å². The maximum absolute atomic E-state index is 12.9. The molecular formula is C82H142NO8P. The van der Waals surface area contributed by atoms with Gasteiger partial charge in [-0.15, -0.1) is 0 Å². The number of phosphoric acid groups is 1. The molecule has 0 aromatic heterocycles. The predicted molar refractivity (Wildman–Crippen MR) is 397 cm³/mol. The molecule has 0 aromatic carbocycles. The van der Waals surface area contributed by atoms with Gasteiger partial charge in [0.2, 0.25) is 0 Å². The predicted octanol–water partition coefficient (Wildman–Crippen LogP) is 24.5. The summed E-state index contributed by atoms with van der Waals surface area (Å²) in [6.07, 6.45) is 104. The first-order valence-corrected chi connectivity index (χ1v) is 39.4. The van der Waals surface area contributed by atoms with Gasteiger partial charge in [-0.05, 0) is 96.3 Å². The molecule has 0 heterocycles. The van der Waals surface area contributed by atoms with Crippen LogP contribution in [0.5, 0.6) is 0 Å². The second-order valence-corrected chi connectivity index (χ2v) is 27.7. The number of phosphoric ester groups is 1. The minimum absolute atomic E-state index is 0.0375. The topological polar surface area (TPSA) is 111 Å². The van der Waals surface area contributed by atoms with E-state index in [2.05, 4.69) is 148 Å². The van der Waals surface area contributed by atoms with Crippen LogP contribution in [0.15, 0.2) is 134 Å². The molecule has 0 bridgehead atoms. The zero-order valence-electron chi connectivity index (χ0n) is 60.2. The van der Waals surface area contributed by atoms with E-state index in [4.69, 9.17) is 18.5 Å². The number of carbonyl (C=O) groups is 2. The lowest BCUT2D eigenvalue weighted by atomic mass is 10.0. The Labute approximate surface area is 568 Å². The molecule has 0 fully saturated rings. The van der Waals surface area contributed by atoms with Crippen LogP contribution in [0.25, 0.3) is 0 Å². The van der Waals surface area contributed by atoms with Gasteiger partial charge in [0, 0.05) is 12.8 Å². The van der Waals surface area contributed by atoms with E-state index in [0.717, 1.165) is 122 Å². The van der Waals surface area contributed by atoms with E-state index in [1.54, 1.807) is 0 Å². The maximum atomic E-state index is 12.9. The van der Waals surface area contributed by atoms with Crippen LogP contribution >= 0.6 is 7.82 Å². The molecule has 0 saturated carbocycles. The van der Waals surface area contributed by atoms with Crippen molar-refractivity contribution in [2.75, 3.05) is 47.5 Å². The van der Waals surface area contributed by atoms with Gasteiger partial charge in [-0.3, -0.25) is 14.2 Å². The molecular weight excluding hydrogens is 1160 g/mol. The van der Waals surface area contributed by atoms with Gasteiger partial charge in [-0.25, -0.2) is 0 Å². The van der Waals surface area contributed by atoms with Crippen molar-refractivity contribution in [3.63, 3.8) is 0 Å². The van der Waals surface area contributed by atoms with Gasteiger partial charge in [0.1, 0.15) is 19.8 Å². The monoisotopic (exact) mass is 1300 g/mol. The third-order valence-electron chi connectivity index (χ3n) is 16.2. The van der Waals surface area contributed by atoms with Gasteiger partial charge in [0.25, 0.3) is 7.82 Å². The van der Waals surface area contributed by atoms with Crippen LogP contribution in [-0.2, 0) is 32.7 Å². The Morgan fingerprint density at radius 1 is 0.348 bits per heavy atom. The van der Waals surface area contributed by atoms with Gasteiger partial charge >= 0.3 is 11.9 Å². The lowest BCUT2D eigenvalue weighted by molar-refractivity contribution is -0.870. The summed E-state index contributed by atoms with van der Waals surface area (Å²) in [6, 6.07) is 0. The van der Waals surface area contributed by atoms with Crippen LogP contribution < -0.4 is 4.89 Å². The SMILES string of the molecule is CC/C=C\C/C=C\C/C=C\C/C=C\C/C=C\C/C=C\C/C=C\C/C=C\C/C=C\C/C=C\C/C=C\CCCCCCCCCC(=O)OC(COC(=O)CCCCCCCCCCCCCCCCCCCCCCCCCCCCC)COP(=O)([O-])OCC[N+](C)(C)C. The van der Waals surface area contributed by atoms with E-state index >= 15 is 0 Å². The number of nitrogens with zero attached hydrogens (tertiary/aromatic N) is 1. The van der Waals surface area contributed by atoms with Gasteiger partial charge in [0.05, 0.1) is 27.7 Å². The number of hydrogen-bond donors (Lipinski definition) is 0.